The van der Waals surface area contributed by atoms with Crippen molar-refractivity contribution in [3.8, 4) is 17.0 Å². The smallest absolute Gasteiger partial charge is 0.358 e. The Bertz CT molecular complexity index is 897. The highest BCUT2D eigenvalue weighted by Gasteiger charge is 2.15. The monoisotopic (exact) mass is 324 g/mol. The van der Waals surface area contributed by atoms with Crippen LogP contribution in [0.4, 0.5) is 4.79 Å². The number of rotatable bonds is 4. The number of carbonyl (C=O) groups excluding carboxylic acids is 1. The van der Waals surface area contributed by atoms with Crippen molar-refractivity contribution in [1.29, 1.82) is 0 Å². The number of hydrogen-bond donors (Lipinski definition) is 1. The van der Waals surface area contributed by atoms with Gasteiger partial charge >= 0.3 is 11.7 Å². The molecular formula is C18H16N2O4. The van der Waals surface area contributed by atoms with Crippen LogP contribution in [0.15, 0.2) is 70.0 Å². The van der Waals surface area contributed by atoms with Crippen molar-refractivity contribution in [2.75, 3.05) is 7.11 Å². The molecule has 0 aliphatic rings. The highest BCUT2D eigenvalue weighted by Crippen LogP contribution is 2.17. The second kappa shape index (κ2) is 6.87. The van der Waals surface area contributed by atoms with Crippen LogP contribution in [0.3, 0.4) is 0 Å². The van der Waals surface area contributed by atoms with Gasteiger partial charge in [-0.2, -0.15) is 0 Å². The van der Waals surface area contributed by atoms with Crippen LogP contribution in [0.1, 0.15) is 5.56 Å². The molecule has 0 spiro atoms. The van der Waals surface area contributed by atoms with Gasteiger partial charge in [-0.3, -0.25) is 0 Å². The Hall–Kier alpha value is -3.28. The first kappa shape index (κ1) is 15.6. The molecule has 0 saturated heterocycles. The van der Waals surface area contributed by atoms with Crippen LogP contribution in [0, 0.1) is 0 Å². The number of methoxy groups -OCH3 is 1. The minimum atomic E-state index is -0.578. The van der Waals surface area contributed by atoms with Crippen LogP contribution in [0.25, 0.3) is 11.3 Å². The van der Waals surface area contributed by atoms with E-state index in [0.29, 0.717) is 11.4 Å². The van der Waals surface area contributed by atoms with Gasteiger partial charge in [0.05, 0.1) is 13.2 Å². The average Bonchev–Trinajstić information content (AvgIpc) is 3.02. The van der Waals surface area contributed by atoms with Crippen molar-refractivity contribution in [1.82, 2.24) is 10.1 Å². The summed E-state index contributed by atoms with van der Waals surface area (Å²) in [6.45, 7) is 0.284. The molecular weight excluding hydrogens is 308 g/mol. The SMILES string of the molecule is COc1cccc(CNC(=O)n2oc(=O)cc2-c2ccccc2)c1. The summed E-state index contributed by atoms with van der Waals surface area (Å²) in [6, 6.07) is 17.2. The fourth-order valence-electron chi connectivity index (χ4n) is 2.33. The van der Waals surface area contributed by atoms with Crippen LogP contribution in [0.2, 0.25) is 0 Å². The average molecular weight is 324 g/mol. The Labute approximate surface area is 138 Å². The number of benzene rings is 2. The first-order valence-electron chi connectivity index (χ1n) is 7.37. The molecule has 3 aromatic rings. The van der Waals surface area contributed by atoms with E-state index in [1.165, 1.54) is 6.07 Å². The Morgan fingerprint density at radius 3 is 2.67 bits per heavy atom. The molecule has 2 aromatic carbocycles. The first-order chi connectivity index (χ1) is 11.7. The van der Waals surface area contributed by atoms with E-state index in [1.54, 1.807) is 19.2 Å². The molecule has 1 heterocycles. The third-order valence-electron chi connectivity index (χ3n) is 3.49. The molecule has 0 bridgehead atoms. The minimum Gasteiger partial charge on any atom is -0.497 e. The molecule has 0 atom stereocenters. The van der Waals surface area contributed by atoms with Gasteiger partial charge in [0, 0.05) is 12.1 Å². The number of nitrogens with zero attached hydrogens (tertiary/aromatic N) is 1. The van der Waals surface area contributed by atoms with Crippen LogP contribution in [-0.2, 0) is 6.54 Å². The highest BCUT2D eigenvalue weighted by molar-refractivity contribution is 5.80. The van der Waals surface area contributed by atoms with E-state index in [4.69, 9.17) is 9.26 Å². The van der Waals surface area contributed by atoms with Crippen LogP contribution in [0.5, 0.6) is 5.75 Å². The summed E-state index contributed by atoms with van der Waals surface area (Å²) in [6.07, 6.45) is 0. The zero-order chi connectivity index (χ0) is 16.9. The number of aromatic nitrogens is 1. The number of hydrogen-bond acceptors (Lipinski definition) is 4. The molecule has 3 rings (SSSR count). The van der Waals surface area contributed by atoms with Crippen LogP contribution < -0.4 is 15.7 Å². The second-order valence-corrected chi connectivity index (χ2v) is 5.11. The van der Waals surface area contributed by atoms with Crippen molar-refractivity contribution in [2.24, 2.45) is 0 Å². The number of carbonyl (C=O) groups is 1. The fourth-order valence-corrected chi connectivity index (χ4v) is 2.33. The molecule has 0 saturated carbocycles. The Balaban J connectivity index is 1.79. The molecule has 0 aliphatic heterocycles. The molecule has 1 N–H and O–H groups in total. The van der Waals surface area contributed by atoms with Gasteiger partial charge < -0.3 is 14.6 Å². The predicted octanol–water partition coefficient (Wildman–Crippen LogP) is 2.87. The van der Waals surface area contributed by atoms with Gasteiger partial charge in [0.1, 0.15) is 11.4 Å². The summed E-state index contributed by atoms with van der Waals surface area (Å²) in [5, 5.41) is 2.73. The molecule has 0 aliphatic carbocycles. The first-order valence-corrected chi connectivity index (χ1v) is 7.37. The molecule has 1 aromatic heterocycles. The van der Waals surface area contributed by atoms with Crippen molar-refractivity contribution in [3.05, 3.63) is 76.6 Å². The second-order valence-electron chi connectivity index (χ2n) is 5.11. The van der Waals surface area contributed by atoms with E-state index in [2.05, 4.69) is 5.32 Å². The van der Waals surface area contributed by atoms with Crippen LogP contribution >= 0.6 is 0 Å². The van der Waals surface area contributed by atoms with E-state index in [0.717, 1.165) is 15.9 Å². The summed E-state index contributed by atoms with van der Waals surface area (Å²) in [5.74, 6) is 0.708. The van der Waals surface area contributed by atoms with Gasteiger partial charge in [-0.25, -0.2) is 9.59 Å². The maximum absolute atomic E-state index is 12.4. The van der Waals surface area contributed by atoms with Gasteiger partial charge in [-0.15, -0.1) is 4.74 Å². The Morgan fingerprint density at radius 1 is 1.12 bits per heavy atom. The zero-order valence-electron chi connectivity index (χ0n) is 13.1. The summed E-state index contributed by atoms with van der Waals surface area (Å²) in [4.78, 5) is 23.9. The third-order valence-corrected chi connectivity index (χ3v) is 3.49. The standard InChI is InChI=1S/C18H16N2O4/c1-23-15-9-5-6-13(10-15)12-19-18(22)20-16(11-17(21)24-20)14-7-3-2-4-8-14/h2-11H,12H2,1H3,(H,19,22). The van der Waals surface area contributed by atoms with E-state index in [-0.39, 0.29) is 6.54 Å². The molecule has 24 heavy (non-hydrogen) atoms. The molecule has 122 valence electrons. The molecule has 6 nitrogen and oxygen atoms in total. The number of amides is 1. The van der Waals surface area contributed by atoms with E-state index >= 15 is 0 Å². The van der Waals surface area contributed by atoms with Crippen molar-refractivity contribution in [2.45, 2.75) is 6.54 Å². The number of nitrogens with one attached hydrogen (secondary N) is 1. The summed E-state index contributed by atoms with van der Waals surface area (Å²) in [5.41, 5.74) is 1.42. The predicted molar refractivity (Wildman–Crippen MR) is 89.0 cm³/mol. The summed E-state index contributed by atoms with van der Waals surface area (Å²) in [7, 11) is 1.58. The maximum atomic E-state index is 12.4. The lowest BCUT2D eigenvalue weighted by Gasteiger charge is -2.08. The van der Waals surface area contributed by atoms with Crippen molar-refractivity contribution < 1.29 is 14.1 Å². The normalized spacial score (nSPS) is 10.4. The lowest BCUT2D eigenvalue weighted by atomic mass is 10.1. The van der Waals surface area contributed by atoms with Gasteiger partial charge in [0.25, 0.3) is 0 Å². The van der Waals surface area contributed by atoms with E-state index < -0.39 is 11.7 Å². The highest BCUT2D eigenvalue weighted by atomic mass is 16.5. The molecule has 1 amide bonds. The Kier molecular flexibility index (Phi) is 4.47. The number of ether oxygens (including phenoxy) is 1. The summed E-state index contributed by atoms with van der Waals surface area (Å²) >= 11 is 0. The van der Waals surface area contributed by atoms with E-state index in [9.17, 15) is 9.59 Å². The topological polar surface area (TPSA) is 73.5 Å². The maximum Gasteiger partial charge on any atom is 0.358 e. The van der Waals surface area contributed by atoms with Gasteiger partial charge in [0.15, 0.2) is 0 Å². The van der Waals surface area contributed by atoms with Crippen molar-refractivity contribution >= 4 is 6.03 Å². The Morgan fingerprint density at radius 2 is 1.92 bits per heavy atom. The molecule has 6 heteroatoms. The summed E-state index contributed by atoms with van der Waals surface area (Å²) < 4.78 is 11.1. The molecule has 0 fully saturated rings. The third kappa shape index (κ3) is 3.38. The minimum absolute atomic E-state index is 0.284. The molecule has 0 radical (unpaired) electrons. The molecule has 0 unspecified atom stereocenters. The zero-order valence-corrected chi connectivity index (χ0v) is 13.1. The lowest BCUT2D eigenvalue weighted by Crippen LogP contribution is -2.28. The quantitative estimate of drug-likeness (QED) is 0.801. The van der Waals surface area contributed by atoms with Gasteiger partial charge in [-0.05, 0) is 17.7 Å². The van der Waals surface area contributed by atoms with Gasteiger partial charge in [-0.1, -0.05) is 42.5 Å². The van der Waals surface area contributed by atoms with E-state index in [1.807, 2.05) is 42.5 Å². The van der Waals surface area contributed by atoms with Crippen LogP contribution in [-0.4, -0.2) is 17.9 Å². The van der Waals surface area contributed by atoms with Gasteiger partial charge in [0.2, 0.25) is 0 Å². The fraction of sp³-hybridized carbons (Fsp3) is 0.111. The largest absolute Gasteiger partial charge is 0.497 e. The van der Waals surface area contributed by atoms with Crippen molar-refractivity contribution in [3.63, 3.8) is 0 Å². The lowest BCUT2D eigenvalue weighted by molar-refractivity contribution is 0.208.